The van der Waals surface area contributed by atoms with Crippen molar-refractivity contribution in [1.82, 2.24) is 4.90 Å². The summed E-state index contributed by atoms with van der Waals surface area (Å²) in [6.45, 7) is 3.51. The Hall–Kier alpha value is -2.37. The summed E-state index contributed by atoms with van der Waals surface area (Å²) in [5.41, 5.74) is 1.94. The lowest BCUT2D eigenvalue weighted by Crippen LogP contribution is -2.43. The zero-order valence-electron chi connectivity index (χ0n) is 14.7. The van der Waals surface area contributed by atoms with E-state index < -0.39 is 0 Å². The van der Waals surface area contributed by atoms with Gasteiger partial charge in [-0.3, -0.25) is 14.4 Å². The third kappa shape index (κ3) is 3.67. The molecule has 0 aromatic heterocycles. The van der Waals surface area contributed by atoms with Crippen LogP contribution >= 0.6 is 0 Å². The van der Waals surface area contributed by atoms with E-state index in [1.54, 1.807) is 9.80 Å². The van der Waals surface area contributed by atoms with Crippen LogP contribution in [-0.2, 0) is 19.1 Å². The zero-order valence-corrected chi connectivity index (χ0v) is 14.7. The third-order valence-corrected chi connectivity index (χ3v) is 5.13. The largest absolute Gasteiger partial charge is 0.469 e. The van der Waals surface area contributed by atoms with Crippen molar-refractivity contribution in [3.8, 4) is 0 Å². The van der Waals surface area contributed by atoms with Gasteiger partial charge in [0.05, 0.1) is 18.9 Å². The molecule has 2 amide bonds. The second-order valence-electron chi connectivity index (χ2n) is 6.87. The van der Waals surface area contributed by atoms with Crippen molar-refractivity contribution in [2.24, 2.45) is 11.8 Å². The molecule has 1 unspecified atom stereocenters. The van der Waals surface area contributed by atoms with Crippen LogP contribution in [-0.4, -0.2) is 49.4 Å². The van der Waals surface area contributed by atoms with E-state index in [-0.39, 0.29) is 36.0 Å². The van der Waals surface area contributed by atoms with Crippen molar-refractivity contribution >= 4 is 23.5 Å². The van der Waals surface area contributed by atoms with Gasteiger partial charge in [0.15, 0.2) is 0 Å². The summed E-state index contributed by atoms with van der Waals surface area (Å²) in [6, 6.07) is 7.77. The summed E-state index contributed by atoms with van der Waals surface area (Å²) in [4.78, 5) is 40.2. The fourth-order valence-electron chi connectivity index (χ4n) is 3.68. The van der Waals surface area contributed by atoms with Gasteiger partial charge in [-0.15, -0.1) is 0 Å². The van der Waals surface area contributed by atoms with E-state index in [1.165, 1.54) is 7.11 Å². The number of rotatable bonds is 3. The first-order valence-corrected chi connectivity index (χ1v) is 8.73. The molecular formula is C19H24N2O4. The molecule has 2 aliphatic rings. The average Bonchev–Trinajstić information content (AvgIpc) is 3.02. The molecule has 2 aliphatic heterocycles. The van der Waals surface area contributed by atoms with Crippen molar-refractivity contribution in [2.75, 3.05) is 31.6 Å². The highest BCUT2D eigenvalue weighted by Gasteiger charge is 2.38. The number of aryl methyl sites for hydroxylation is 1. The van der Waals surface area contributed by atoms with E-state index in [0.29, 0.717) is 32.5 Å². The Morgan fingerprint density at radius 1 is 1.16 bits per heavy atom. The van der Waals surface area contributed by atoms with Crippen LogP contribution in [0.3, 0.4) is 0 Å². The number of carbonyl (C=O) groups is 3. The van der Waals surface area contributed by atoms with Gasteiger partial charge >= 0.3 is 5.97 Å². The maximum atomic E-state index is 12.8. The lowest BCUT2D eigenvalue weighted by molar-refractivity contribution is -0.149. The number of piperidine rings is 1. The minimum atomic E-state index is -0.303. The Labute approximate surface area is 147 Å². The van der Waals surface area contributed by atoms with Gasteiger partial charge in [-0.2, -0.15) is 0 Å². The summed E-state index contributed by atoms with van der Waals surface area (Å²) in [5, 5.41) is 0. The Morgan fingerprint density at radius 2 is 1.88 bits per heavy atom. The standard InChI is InChI=1S/C19H24N2O4/c1-13-4-3-5-16(10-13)21-12-15(11-17(21)22)18(23)20-8-6-14(7-9-20)19(24)25-2/h3-5,10,14-15H,6-9,11-12H2,1-2H3. The monoisotopic (exact) mass is 344 g/mol. The van der Waals surface area contributed by atoms with Gasteiger partial charge in [0.2, 0.25) is 11.8 Å². The van der Waals surface area contributed by atoms with Gasteiger partial charge in [0.1, 0.15) is 0 Å². The molecule has 134 valence electrons. The number of anilines is 1. The summed E-state index contributed by atoms with van der Waals surface area (Å²) in [6.07, 6.45) is 1.51. The van der Waals surface area contributed by atoms with Crippen LogP contribution in [0.4, 0.5) is 5.69 Å². The minimum absolute atomic E-state index is 0.00611. The molecule has 0 spiro atoms. The minimum Gasteiger partial charge on any atom is -0.469 e. The molecule has 2 saturated heterocycles. The molecule has 2 heterocycles. The first kappa shape index (κ1) is 17.5. The molecule has 0 N–H and O–H groups in total. The number of nitrogens with zero attached hydrogens (tertiary/aromatic N) is 2. The molecule has 2 fully saturated rings. The van der Waals surface area contributed by atoms with Crippen LogP contribution in [0.1, 0.15) is 24.8 Å². The van der Waals surface area contributed by atoms with E-state index in [4.69, 9.17) is 4.74 Å². The number of benzene rings is 1. The molecule has 6 heteroatoms. The molecule has 0 bridgehead atoms. The highest BCUT2D eigenvalue weighted by molar-refractivity contribution is 6.00. The Balaban J connectivity index is 1.61. The highest BCUT2D eigenvalue weighted by Crippen LogP contribution is 2.28. The number of esters is 1. The number of ether oxygens (including phenoxy) is 1. The van der Waals surface area contributed by atoms with E-state index in [0.717, 1.165) is 11.3 Å². The second kappa shape index (κ2) is 7.25. The van der Waals surface area contributed by atoms with Crippen LogP contribution in [0.5, 0.6) is 0 Å². The third-order valence-electron chi connectivity index (χ3n) is 5.13. The predicted molar refractivity (Wildman–Crippen MR) is 93.0 cm³/mol. The van der Waals surface area contributed by atoms with Gasteiger partial charge in [-0.1, -0.05) is 12.1 Å². The van der Waals surface area contributed by atoms with Crippen molar-refractivity contribution in [3.05, 3.63) is 29.8 Å². The van der Waals surface area contributed by atoms with Crippen molar-refractivity contribution in [1.29, 1.82) is 0 Å². The number of likely N-dealkylation sites (tertiary alicyclic amines) is 1. The first-order valence-electron chi connectivity index (χ1n) is 8.73. The van der Waals surface area contributed by atoms with E-state index in [2.05, 4.69) is 0 Å². The molecular weight excluding hydrogens is 320 g/mol. The quantitative estimate of drug-likeness (QED) is 0.784. The Kier molecular flexibility index (Phi) is 5.06. The number of methoxy groups -OCH3 is 1. The molecule has 6 nitrogen and oxygen atoms in total. The Morgan fingerprint density at radius 3 is 2.52 bits per heavy atom. The maximum Gasteiger partial charge on any atom is 0.308 e. The summed E-state index contributed by atoms with van der Waals surface area (Å²) in [7, 11) is 1.39. The van der Waals surface area contributed by atoms with Gasteiger partial charge in [0, 0.05) is 31.7 Å². The van der Waals surface area contributed by atoms with Crippen LogP contribution in [0.2, 0.25) is 0 Å². The smallest absolute Gasteiger partial charge is 0.308 e. The SMILES string of the molecule is COC(=O)C1CCN(C(=O)C2CC(=O)N(c3cccc(C)c3)C2)CC1. The first-order chi connectivity index (χ1) is 12.0. The summed E-state index contributed by atoms with van der Waals surface area (Å²) >= 11 is 0. The molecule has 0 radical (unpaired) electrons. The van der Waals surface area contributed by atoms with E-state index in [1.807, 2.05) is 31.2 Å². The molecule has 1 aromatic rings. The van der Waals surface area contributed by atoms with Crippen LogP contribution in [0, 0.1) is 18.8 Å². The van der Waals surface area contributed by atoms with Gasteiger partial charge in [0.25, 0.3) is 0 Å². The fourth-order valence-corrected chi connectivity index (χ4v) is 3.68. The number of amides is 2. The zero-order chi connectivity index (χ0) is 18.0. The van der Waals surface area contributed by atoms with Crippen LogP contribution in [0.25, 0.3) is 0 Å². The van der Waals surface area contributed by atoms with Crippen LogP contribution in [0.15, 0.2) is 24.3 Å². The second-order valence-corrected chi connectivity index (χ2v) is 6.87. The highest BCUT2D eigenvalue weighted by atomic mass is 16.5. The maximum absolute atomic E-state index is 12.8. The molecule has 0 saturated carbocycles. The van der Waals surface area contributed by atoms with E-state index >= 15 is 0 Å². The van der Waals surface area contributed by atoms with Crippen molar-refractivity contribution in [2.45, 2.75) is 26.2 Å². The molecule has 3 rings (SSSR count). The number of hydrogen-bond acceptors (Lipinski definition) is 4. The molecule has 25 heavy (non-hydrogen) atoms. The number of carbonyl (C=O) groups excluding carboxylic acids is 3. The van der Waals surface area contributed by atoms with Crippen molar-refractivity contribution in [3.63, 3.8) is 0 Å². The van der Waals surface area contributed by atoms with E-state index in [9.17, 15) is 14.4 Å². The fraction of sp³-hybridized carbons (Fsp3) is 0.526. The molecule has 0 aliphatic carbocycles. The topological polar surface area (TPSA) is 66.9 Å². The lowest BCUT2D eigenvalue weighted by atomic mass is 9.95. The molecule has 1 atom stereocenters. The van der Waals surface area contributed by atoms with Gasteiger partial charge in [-0.25, -0.2) is 0 Å². The normalized spacial score (nSPS) is 21.5. The average molecular weight is 344 g/mol. The van der Waals surface area contributed by atoms with Crippen molar-refractivity contribution < 1.29 is 19.1 Å². The summed E-state index contributed by atoms with van der Waals surface area (Å²) < 4.78 is 4.78. The molecule has 1 aromatic carbocycles. The van der Waals surface area contributed by atoms with Gasteiger partial charge in [-0.05, 0) is 37.5 Å². The van der Waals surface area contributed by atoms with Crippen LogP contribution < -0.4 is 4.90 Å². The lowest BCUT2D eigenvalue weighted by Gasteiger charge is -2.32. The Bertz CT molecular complexity index is 680. The summed E-state index contributed by atoms with van der Waals surface area (Å²) in [5.74, 6) is -0.611. The predicted octanol–water partition coefficient (Wildman–Crippen LogP) is 1.76. The number of hydrogen-bond donors (Lipinski definition) is 0. The van der Waals surface area contributed by atoms with Gasteiger partial charge < -0.3 is 14.5 Å².